The van der Waals surface area contributed by atoms with E-state index in [9.17, 15) is 4.79 Å². The number of aromatic amines is 1. The van der Waals surface area contributed by atoms with Gasteiger partial charge in [-0.3, -0.25) is 4.79 Å². The van der Waals surface area contributed by atoms with Gasteiger partial charge in [0, 0.05) is 41.4 Å². The van der Waals surface area contributed by atoms with Gasteiger partial charge in [-0.15, -0.1) is 5.10 Å². The molecule has 1 aromatic carbocycles. The van der Waals surface area contributed by atoms with Crippen molar-refractivity contribution >= 4 is 10.9 Å². The highest BCUT2D eigenvalue weighted by Crippen LogP contribution is 2.33. The Morgan fingerprint density at radius 3 is 3.03 bits per heavy atom. The molecular formula is C21H22N6O2. The molecule has 1 unspecified atom stereocenters. The molecule has 0 saturated heterocycles. The molecule has 8 nitrogen and oxygen atoms in total. The summed E-state index contributed by atoms with van der Waals surface area (Å²) < 4.78 is 7.64. The highest BCUT2D eigenvalue weighted by atomic mass is 16.5. The van der Waals surface area contributed by atoms with Crippen molar-refractivity contribution in [3.63, 3.8) is 0 Å². The van der Waals surface area contributed by atoms with Gasteiger partial charge >= 0.3 is 0 Å². The summed E-state index contributed by atoms with van der Waals surface area (Å²) in [5.41, 5.74) is 3.49. The van der Waals surface area contributed by atoms with Crippen LogP contribution in [0.2, 0.25) is 0 Å². The molecule has 1 aliphatic rings. The number of hydrogen-bond donors (Lipinski definition) is 1. The van der Waals surface area contributed by atoms with E-state index in [1.54, 1.807) is 0 Å². The predicted octanol–water partition coefficient (Wildman–Crippen LogP) is 3.10. The molecule has 0 spiro atoms. The van der Waals surface area contributed by atoms with Crippen molar-refractivity contribution in [2.24, 2.45) is 5.92 Å². The van der Waals surface area contributed by atoms with Gasteiger partial charge in [-0.1, -0.05) is 42.4 Å². The highest BCUT2D eigenvalue weighted by molar-refractivity contribution is 5.92. The molecule has 8 heteroatoms. The number of nitrogens with one attached hydrogen (secondary N) is 1. The summed E-state index contributed by atoms with van der Waals surface area (Å²) in [6, 6.07) is 9.15. The van der Waals surface area contributed by atoms with E-state index in [1.165, 1.54) is 6.07 Å². The highest BCUT2D eigenvalue weighted by Gasteiger charge is 2.29. The molecular weight excluding hydrogens is 368 g/mol. The van der Waals surface area contributed by atoms with Crippen molar-refractivity contribution in [3.05, 3.63) is 58.0 Å². The largest absolute Gasteiger partial charge is 0.339 e. The minimum absolute atomic E-state index is 0.126. The Labute approximate surface area is 167 Å². The molecule has 1 N–H and O–H groups in total. The molecule has 1 aliphatic carbocycles. The number of para-hydroxylation sites is 1. The van der Waals surface area contributed by atoms with E-state index in [0.29, 0.717) is 23.2 Å². The maximum Gasteiger partial charge on any atom is 0.249 e. The standard InChI is InChI=1S/C21H22N6O2/c1-12(2)11-27-18-9-13(7-8-17(18)24-26-27)21-23-20(25-29-21)15-10-19(28)22-16-6-4-3-5-14(15)16/h3-6,10,12-13H,7-9,11H2,1-2H3,(H,22,28). The van der Waals surface area contributed by atoms with Gasteiger partial charge in [-0.2, -0.15) is 4.98 Å². The van der Waals surface area contributed by atoms with Crippen LogP contribution in [0.15, 0.2) is 39.6 Å². The van der Waals surface area contributed by atoms with Gasteiger partial charge in [0.25, 0.3) is 0 Å². The van der Waals surface area contributed by atoms with E-state index in [-0.39, 0.29) is 11.5 Å². The topological polar surface area (TPSA) is 102 Å². The van der Waals surface area contributed by atoms with Crippen LogP contribution >= 0.6 is 0 Å². The number of hydrogen-bond acceptors (Lipinski definition) is 6. The zero-order valence-corrected chi connectivity index (χ0v) is 16.4. The first-order valence-corrected chi connectivity index (χ1v) is 9.96. The van der Waals surface area contributed by atoms with Crippen LogP contribution in [-0.2, 0) is 19.4 Å². The molecule has 0 bridgehead atoms. The molecule has 1 atom stereocenters. The van der Waals surface area contributed by atoms with E-state index in [2.05, 4.69) is 39.3 Å². The zero-order valence-electron chi connectivity index (χ0n) is 16.4. The number of aromatic nitrogens is 6. The van der Waals surface area contributed by atoms with Crippen LogP contribution < -0.4 is 5.56 Å². The van der Waals surface area contributed by atoms with Gasteiger partial charge in [0.05, 0.1) is 11.4 Å². The Hall–Kier alpha value is -3.29. The molecule has 0 saturated carbocycles. The third kappa shape index (κ3) is 3.24. The van der Waals surface area contributed by atoms with Gasteiger partial charge in [-0.25, -0.2) is 4.68 Å². The minimum Gasteiger partial charge on any atom is -0.339 e. The maximum absolute atomic E-state index is 12.1. The third-order valence-corrected chi connectivity index (χ3v) is 5.41. The fourth-order valence-electron chi connectivity index (χ4n) is 4.04. The SMILES string of the molecule is CC(C)Cn1nnc2c1CC(c1nc(-c3cc(=O)[nH]c4ccccc34)no1)CC2. The molecule has 148 valence electrons. The fraction of sp³-hybridized carbons (Fsp3) is 0.381. The van der Waals surface area contributed by atoms with Crippen molar-refractivity contribution in [1.29, 1.82) is 0 Å². The summed E-state index contributed by atoms with van der Waals surface area (Å²) in [6.45, 7) is 5.19. The molecule has 0 aliphatic heterocycles. The first-order valence-electron chi connectivity index (χ1n) is 9.96. The first kappa shape index (κ1) is 17.8. The van der Waals surface area contributed by atoms with Crippen molar-refractivity contribution in [2.75, 3.05) is 0 Å². The molecule has 0 amide bonds. The molecule has 4 aromatic rings. The number of benzene rings is 1. The van der Waals surface area contributed by atoms with Crippen LogP contribution in [0.1, 0.15) is 43.5 Å². The summed E-state index contributed by atoms with van der Waals surface area (Å²) in [4.78, 5) is 19.6. The number of nitrogens with zero attached hydrogens (tertiary/aromatic N) is 5. The van der Waals surface area contributed by atoms with Crippen molar-refractivity contribution in [3.8, 4) is 11.4 Å². The van der Waals surface area contributed by atoms with E-state index >= 15 is 0 Å². The smallest absolute Gasteiger partial charge is 0.249 e. The fourth-order valence-corrected chi connectivity index (χ4v) is 4.04. The molecule has 3 heterocycles. The number of fused-ring (bicyclic) bond motifs is 2. The van der Waals surface area contributed by atoms with Crippen molar-refractivity contribution in [1.82, 2.24) is 30.1 Å². The van der Waals surface area contributed by atoms with Crippen LogP contribution in [0.5, 0.6) is 0 Å². The Kier molecular flexibility index (Phi) is 4.26. The molecule has 0 radical (unpaired) electrons. The minimum atomic E-state index is -0.184. The van der Waals surface area contributed by atoms with Crippen LogP contribution in [0, 0.1) is 5.92 Å². The van der Waals surface area contributed by atoms with Gasteiger partial charge in [0.2, 0.25) is 17.3 Å². The average Bonchev–Trinajstić information content (AvgIpc) is 3.34. The van der Waals surface area contributed by atoms with Crippen molar-refractivity contribution < 1.29 is 4.52 Å². The number of H-pyrrole nitrogens is 1. The average molecular weight is 390 g/mol. The van der Waals surface area contributed by atoms with E-state index in [0.717, 1.165) is 48.1 Å². The summed E-state index contributed by atoms with van der Waals surface area (Å²) in [6.07, 6.45) is 2.53. The van der Waals surface area contributed by atoms with E-state index in [1.807, 2.05) is 28.9 Å². The Morgan fingerprint density at radius 2 is 2.17 bits per heavy atom. The number of rotatable bonds is 4. The van der Waals surface area contributed by atoms with E-state index < -0.39 is 0 Å². The molecule has 29 heavy (non-hydrogen) atoms. The molecule has 3 aromatic heterocycles. The second-order valence-electron chi connectivity index (χ2n) is 8.05. The van der Waals surface area contributed by atoms with Gasteiger partial charge in [-0.05, 0) is 24.8 Å². The van der Waals surface area contributed by atoms with Crippen molar-refractivity contribution in [2.45, 2.75) is 45.6 Å². The summed E-state index contributed by atoms with van der Waals surface area (Å²) in [5.74, 6) is 1.68. The Balaban J connectivity index is 1.48. The van der Waals surface area contributed by atoms with Crippen LogP contribution in [0.3, 0.4) is 0 Å². The van der Waals surface area contributed by atoms with Crippen LogP contribution in [0.4, 0.5) is 0 Å². The maximum atomic E-state index is 12.1. The lowest BCUT2D eigenvalue weighted by molar-refractivity contribution is 0.336. The number of pyridine rings is 1. The summed E-state index contributed by atoms with van der Waals surface area (Å²) in [5, 5.41) is 13.8. The monoisotopic (exact) mass is 390 g/mol. The van der Waals surface area contributed by atoms with E-state index in [4.69, 9.17) is 4.52 Å². The number of aryl methyl sites for hydroxylation is 1. The second kappa shape index (κ2) is 6.95. The zero-order chi connectivity index (χ0) is 20.0. The lowest BCUT2D eigenvalue weighted by Gasteiger charge is -2.19. The molecule has 5 rings (SSSR count). The normalized spacial score (nSPS) is 16.4. The third-order valence-electron chi connectivity index (χ3n) is 5.41. The molecule has 0 fully saturated rings. The van der Waals surface area contributed by atoms with Gasteiger partial charge in [0.15, 0.2) is 0 Å². The van der Waals surface area contributed by atoms with Crippen LogP contribution in [-0.4, -0.2) is 30.1 Å². The second-order valence-corrected chi connectivity index (χ2v) is 8.05. The van der Waals surface area contributed by atoms with Crippen LogP contribution in [0.25, 0.3) is 22.3 Å². The summed E-state index contributed by atoms with van der Waals surface area (Å²) >= 11 is 0. The Bertz CT molecular complexity index is 1240. The Morgan fingerprint density at radius 1 is 1.31 bits per heavy atom. The summed E-state index contributed by atoms with van der Waals surface area (Å²) in [7, 11) is 0. The lowest BCUT2D eigenvalue weighted by Crippen LogP contribution is -2.18. The first-order chi connectivity index (χ1) is 14.1. The quantitative estimate of drug-likeness (QED) is 0.574. The van der Waals surface area contributed by atoms with Gasteiger partial charge < -0.3 is 9.51 Å². The predicted molar refractivity (Wildman–Crippen MR) is 107 cm³/mol. The van der Waals surface area contributed by atoms with Gasteiger partial charge in [0.1, 0.15) is 0 Å². The lowest BCUT2D eigenvalue weighted by atomic mass is 9.89.